The number of methoxy groups -OCH3 is 1. The first-order chi connectivity index (χ1) is 7.85. The summed E-state index contributed by atoms with van der Waals surface area (Å²) >= 11 is 0. The summed E-state index contributed by atoms with van der Waals surface area (Å²) in [6.45, 7) is 11.1. The summed E-state index contributed by atoms with van der Waals surface area (Å²) in [6.07, 6.45) is 3.65. The van der Waals surface area contributed by atoms with Gasteiger partial charge in [-0.1, -0.05) is 0 Å². The number of rotatable bonds is 5. The molecule has 0 bridgehead atoms. The molecular weight excluding hydrogens is 212 g/mol. The Balaban J connectivity index is 2.49. The van der Waals surface area contributed by atoms with Gasteiger partial charge in [0, 0.05) is 25.7 Å². The third-order valence-corrected chi connectivity index (χ3v) is 4.20. The van der Waals surface area contributed by atoms with Gasteiger partial charge in [0.25, 0.3) is 0 Å². The lowest BCUT2D eigenvalue weighted by Crippen LogP contribution is -2.47. The van der Waals surface area contributed by atoms with Crippen LogP contribution in [0, 0.1) is 5.92 Å². The zero-order chi connectivity index (χ0) is 13.1. The average molecular weight is 242 g/mol. The summed E-state index contributed by atoms with van der Waals surface area (Å²) in [4.78, 5) is 2.58. The van der Waals surface area contributed by atoms with E-state index in [1.54, 1.807) is 7.11 Å². The second-order valence-corrected chi connectivity index (χ2v) is 6.27. The van der Waals surface area contributed by atoms with Crippen molar-refractivity contribution in [2.75, 3.05) is 20.2 Å². The Morgan fingerprint density at radius 3 is 2.59 bits per heavy atom. The second-order valence-electron chi connectivity index (χ2n) is 6.27. The van der Waals surface area contributed by atoms with Crippen molar-refractivity contribution in [3.05, 3.63) is 0 Å². The monoisotopic (exact) mass is 242 g/mol. The zero-order valence-electron chi connectivity index (χ0n) is 12.2. The molecule has 3 nitrogen and oxygen atoms in total. The summed E-state index contributed by atoms with van der Waals surface area (Å²) in [5.74, 6) is 0.664. The molecule has 1 rings (SSSR count). The lowest BCUT2D eigenvalue weighted by Gasteiger charge is -2.40. The van der Waals surface area contributed by atoms with Crippen LogP contribution in [-0.2, 0) is 4.74 Å². The highest BCUT2D eigenvalue weighted by Gasteiger charge is 2.29. The lowest BCUT2D eigenvalue weighted by atomic mass is 9.90. The molecule has 17 heavy (non-hydrogen) atoms. The maximum absolute atomic E-state index is 6.03. The van der Waals surface area contributed by atoms with Crippen LogP contribution in [0.25, 0.3) is 0 Å². The van der Waals surface area contributed by atoms with Crippen LogP contribution in [0.1, 0.15) is 47.0 Å². The van der Waals surface area contributed by atoms with Crippen molar-refractivity contribution in [2.24, 2.45) is 11.7 Å². The fourth-order valence-electron chi connectivity index (χ4n) is 2.79. The van der Waals surface area contributed by atoms with Crippen LogP contribution in [0.2, 0.25) is 0 Å². The van der Waals surface area contributed by atoms with Gasteiger partial charge in [0.05, 0.1) is 5.60 Å². The van der Waals surface area contributed by atoms with Crippen molar-refractivity contribution in [3.8, 4) is 0 Å². The molecule has 0 saturated carbocycles. The van der Waals surface area contributed by atoms with Crippen LogP contribution in [0.15, 0.2) is 0 Å². The molecule has 1 fully saturated rings. The van der Waals surface area contributed by atoms with Gasteiger partial charge in [0.2, 0.25) is 0 Å². The first-order valence-corrected chi connectivity index (χ1v) is 6.90. The first-order valence-electron chi connectivity index (χ1n) is 6.90. The Bertz CT molecular complexity index is 228. The highest BCUT2D eigenvalue weighted by atomic mass is 16.5. The molecule has 1 aliphatic rings. The highest BCUT2D eigenvalue weighted by Crippen LogP contribution is 2.25. The standard InChI is InChI=1S/C14H30N2O/c1-11(9-14(3,4)17-5)16-8-6-7-13(10-16)12(2)15/h11-13H,6-10,15H2,1-5H3. The molecule has 0 amide bonds. The summed E-state index contributed by atoms with van der Waals surface area (Å²) in [5, 5.41) is 0. The predicted molar refractivity (Wildman–Crippen MR) is 73.1 cm³/mol. The van der Waals surface area contributed by atoms with Crippen LogP contribution >= 0.6 is 0 Å². The third kappa shape index (κ3) is 4.57. The van der Waals surface area contributed by atoms with Crippen molar-refractivity contribution >= 4 is 0 Å². The van der Waals surface area contributed by atoms with Crippen LogP contribution in [0.4, 0.5) is 0 Å². The van der Waals surface area contributed by atoms with Gasteiger partial charge >= 0.3 is 0 Å². The van der Waals surface area contributed by atoms with Gasteiger partial charge in [0.1, 0.15) is 0 Å². The fraction of sp³-hybridized carbons (Fsp3) is 1.00. The molecule has 1 heterocycles. The third-order valence-electron chi connectivity index (χ3n) is 4.20. The number of likely N-dealkylation sites (tertiary alicyclic amines) is 1. The lowest BCUT2D eigenvalue weighted by molar-refractivity contribution is -0.0124. The molecule has 2 N–H and O–H groups in total. The van der Waals surface area contributed by atoms with Crippen LogP contribution in [-0.4, -0.2) is 42.8 Å². The Morgan fingerprint density at radius 1 is 1.41 bits per heavy atom. The number of nitrogens with two attached hydrogens (primary N) is 1. The molecule has 0 aliphatic carbocycles. The van der Waals surface area contributed by atoms with Gasteiger partial charge in [-0.15, -0.1) is 0 Å². The molecule has 3 heteroatoms. The number of hydrogen-bond acceptors (Lipinski definition) is 3. The Kier molecular flexibility index (Phi) is 5.42. The van der Waals surface area contributed by atoms with Crippen LogP contribution < -0.4 is 5.73 Å². The number of ether oxygens (including phenoxy) is 1. The van der Waals surface area contributed by atoms with E-state index in [1.807, 2.05) is 0 Å². The molecule has 102 valence electrons. The van der Waals surface area contributed by atoms with Crippen LogP contribution in [0.5, 0.6) is 0 Å². The van der Waals surface area contributed by atoms with Crippen molar-refractivity contribution in [2.45, 2.75) is 64.6 Å². The van der Waals surface area contributed by atoms with E-state index in [0.29, 0.717) is 18.0 Å². The molecule has 0 aromatic heterocycles. The quantitative estimate of drug-likeness (QED) is 0.803. The first kappa shape index (κ1) is 14.9. The summed E-state index contributed by atoms with van der Waals surface area (Å²) in [6, 6.07) is 0.895. The van der Waals surface area contributed by atoms with Gasteiger partial charge in [-0.2, -0.15) is 0 Å². The molecule has 0 aromatic rings. The van der Waals surface area contributed by atoms with E-state index in [1.165, 1.54) is 19.4 Å². The van der Waals surface area contributed by atoms with E-state index >= 15 is 0 Å². The Morgan fingerprint density at radius 2 is 2.06 bits per heavy atom. The van der Waals surface area contributed by atoms with E-state index in [-0.39, 0.29) is 5.60 Å². The van der Waals surface area contributed by atoms with Gasteiger partial charge in [-0.25, -0.2) is 0 Å². The normalized spacial score (nSPS) is 26.8. The topological polar surface area (TPSA) is 38.5 Å². The maximum atomic E-state index is 6.03. The molecule has 0 radical (unpaired) electrons. The van der Waals surface area contributed by atoms with E-state index in [2.05, 4.69) is 32.6 Å². The minimum Gasteiger partial charge on any atom is -0.379 e. The van der Waals surface area contributed by atoms with Crippen molar-refractivity contribution in [1.82, 2.24) is 4.90 Å². The summed E-state index contributed by atoms with van der Waals surface area (Å²) in [7, 11) is 1.80. The molecular formula is C14H30N2O. The molecule has 0 aromatic carbocycles. The largest absolute Gasteiger partial charge is 0.379 e. The van der Waals surface area contributed by atoms with Crippen molar-refractivity contribution in [1.29, 1.82) is 0 Å². The molecule has 1 aliphatic heterocycles. The highest BCUT2D eigenvalue weighted by molar-refractivity contribution is 4.84. The molecule has 3 unspecified atom stereocenters. The maximum Gasteiger partial charge on any atom is 0.0637 e. The summed E-state index contributed by atoms with van der Waals surface area (Å²) < 4.78 is 5.52. The molecule has 1 saturated heterocycles. The molecule has 0 spiro atoms. The van der Waals surface area contributed by atoms with E-state index in [4.69, 9.17) is 10.5 Å². The fourth-order valence-corrected chi connectivity index (χ4v) is 2.79. The Labute approximate surface area is 107 Å². The summed E-state index contributed by atoms with van der Waals surface area (Å²) in [5.41, 5.74) is 6.00. The zero-order valence-corrected chi connectivity index (χ0v) is 12.2. The van der Waals surface area contributed by atoms with E-state index in [0.717, 1.165) is 13.0 Å². The molecule has 3 atom stereocenters. The van der Waals surface area contributed by atoms with Crippen molar-refractivity contribution < 1.29 is 4.74 Å². The predicted octanol–water partition coefficient (Wildman–Crippen LogP) is 2.25. The SMILES string of the molecule is COC(C)(C)CC(C)N1CCCC(C(C)N)C1. The smallest absolute Gasteiger partial charge is 0.0637 e. The Hall–Kier alpha value is -0.120. The minimum absolute atomic E-state index is 0.0271. The van der Waals surface area contributed by atoms with Gasteiger partial charge < -0.3 is 15.4 Å². The van der Waals surface area contributed by atoms with E-state index in [9.17, 15) is 0 Å². The average Bonchev–Trinajstić information content (AvgIpc) is 2.28. The van der Waals surface area contributed by atoms with Gasteiger partial charge in [-0.05, 0) is 59.4 Å². The van der Waals surface area contributed by atoms with Crippen molar-refractivity contribution in [3.63, 3.8) is 0 Å². The number of hydrogen-bond donors (Lipinski definition) is 1. The van der Waals surface area contributed by atoms with Crippen LogP contribution in [0.3, 0.4) is 0 Å². The van der Waals surface area contributed by atoms with Gasteiger partial charge in [-0.3, -0.25) is 0 Å². The number of nitrogens with zero attached hydrogens (tertiary/aromatic N) is 1. The minimum atomic E-state index is -0.0271. The second kappa shape index (κ2) is 6.17. The van der Waals surface area contributed by atoms with Gasteiger partial charge in [0.15, 0.2) is 0 Å². The van der Waals surface area contributed by atoms with E-state index < -0.39 is 0 Å². The number of piperidine rings is 1.